The van der Waals surface area contributed by atoms with Crippen molar-refractivity contribution >= 4 is 5.97 Å². The lowest BCUT2D eigenvalue weighted by molar-refractivity contribution is -0.139. The third kappa shape index (κ3) is 2.87. The number of imidazole rings is 1. The first kappa shape index (κ1) is 9.73. The molecular formula is C8H13N3O2. The van der Waals surface area contributed by atoms with E-state index in [2.05, 4.69) is 15.0 Å². The molecule has 0 unspecified atom stereocenters. The molecule has 0 amide bonds. The molecule has 0 radical (unpaired) electrons. The van der Waals surface area contributed by atoms with Gasteiger partial charge in [-0.05, 0) is 0 Å². The van der Waals surface area contributed by atoms with Crippen LogP contribution in [0.4, 0.5) is 0 Å². The lowest BCUT2D eigenvalue weighted by Crippen LogP contribution is -2.24. The maximum Gasteiger partial charge on any atom is 0.319 e. The third-order valence-electron chi connectivity index (χ3n) is 1.70. The highest BCUT2D eigenvalue weighted by molar-refractivity contribution is 5.71. The number of hydrogen-bond donors (Lipinski definition) is 1. The van der Waals surface area contributed by atoms with Gasteiger partial charge in [-0.2, -0.15) is 0 Å². The maximum atomic E-state index is 10.7. The highest BCUT2D eigenvalue weighted by Gasteiger charge is 2.01. The summed E-state index contributed by atoms with van der Waals surface area (Å²) in [5.74, 6) is 0.623. The summed E-state index contributed by atoms with van der Waals surface area (Å²) in [5.41, 5.74) is 0. The van der Waals surface area contributed by atoms with Gasteiger partial charge in [-0.25, -0.2) is 4.98 Å². The number of rotatable bonds is 4. The van der Waals surface area contributed by atoms with Crippen molar-refractivity contribution in [1.29, 1.82) is 0 Å². The third-order valence-corrected chi connectivity index (χ3v) is 1.70. The number of nitrogens with zero attached hydrogens (tertiary/aromatic N) is 2. The van der Waals surface area contributed by atoms with Crippen LogP contribution in [-0.4, -0.2) is 29.2 Å². The summed E-state index contributed by atoms with van der Waals surface area (Å²) in [6, 6.07) is 0. The van der Waals surface area contributed by atoms with Crippen molar-refractivity contribution in [2.75, 3.05) is 13.7 Å². The van der Waals surface area contributed by atoms with Crippen LogP contribution in [-0.2, 0) is 23.1 Å². The Bertz CT molecular complexity index is 283. The van der Waals surface area contributed by atoms with Gasteiger partial charge in [-0.15, -0.1) is 0 Å². The molecule has 0 bridgehead atoms. The average molecular weight is 183 g/mol. The number of nitrogens with one attached hydrogen (secondary N) is 1. The number of esters is 1. The van der Waals surface area contributed by atoms with Crippen LogP contribution in [0.25, 0.3) is 0 Å². The van der Waals surface area contributed by atoms with E-state index in [0.717, 1.165) is 5.82 Å². The van der Waals surface area contributed by atoms with Crippen molar-refractivity contribution in [2.45, 2.75) is 6.54 Å². The van der Waals surface area contributed by atoms with E-state index in [9.17, 15) is 4.79 Å². The summed E-state index contributed by atoms with van der Waals surface area (Å²) in [5, 5.41) is 2.92. The zero-order valence-electron chi connectivity index (χ0n) is 7.78. The molecule has 0 aliphatic carbocycles. The summed E-state index contributed by atoms with van der Waals surface area (Å²) in [7, 11) is 3.27. The van der Waals surface area contributed by atoms with Gasteiger partial charge in [-0.1, -0.05) is 0 Å². The van der Waals surface area contributed by atoms with Gasteiger partial charge in [0.2, 0.25) is 0 Å². The minimum absolute atomic E-state index is 0.212. The number of methoxy groups -OCH3 is 1. The molecule has 0 aliphatic rings. The second-order valence-corrected chi connectivity index (χ2v) is 2.63. The number of aryl methyl sites for hydroxylation is 1. The molecule has 72 valence electrons. The average Bonchev–Trinajstić information content (AvgIpc) is 2.52. The first-order valence-electron chi connectivity index (χ1n) is 3.97. The molecule has 1 rings (SSSR count). The zero-order chi connectivity index (χ0) is 9.68. The van der Waals surface area contributed by atoms with Crippen molar-refractivity contribution in [3.63, 3.8) is 0 Å². The molecule has 0 saturated heterocycles. The predicted molar refractivity (Wildman–Crippen MR) is 46.9 cm³/mol. The summed E-state index contributed by atoms with van der Waals surface area (Å²) in [6.07, 6.45) is 3.57. The summed E-state index contributed by atoms with van der Waals surface area (Å²) < 4.78 is 6.36. The van der Waals surface area contributed by atoms with Crippen LogP contribution in [0.2, 0.25) is 0 Å². The molecule has 0 saturated carbocycles. The predicted octanol–water partition coefficient (Wildman–Crippen LogP) is -0.317. The van der Waals surface area contributed by atoms with E-state index in [-0.39, 0.29) is 12.5 Å². The largest absolute Gasteiger partial charge is 0.468 e. The van der Waals surface area contributed by atoms with Crippen molar-refractivity contribution in [1.82, 2.24) is 14.9 Å². The van der Waals surface area contributed by atoms with Crippen LogP contribution in [0.3, 0.4) is 0 Å². The number of hydrogen-bond acceptors (Lipinski definition) is 4. The monoisotopic (exact) mass is 183 g/mol. The second kappa shape index (κ2) is 4.61. The van der Waals surface area contributed by atoms with Gasteiger partial charge in [0.15, 0.2) is 0 Å². The quantitative estimate of drug-likeness (QED) is 0.650. The van der Waals surface area contributed by atoms with Crippen molar-refractivity contribution in [3.8, 4) is 0 Å². The molecule has 0 spiro atoms. The fourth-order valence-corrected chi connectivity index (χ4v) is 0.915. The number of aromatic nitrogens is 2. The highest BCUT2D eigenvalue weighted by atomic mass is 16.5. The summed E-state index contributed by atoms with van der Waals surface area (Å²) in [4.78, 5) is 14.8. The Labute approximate surface area is 76.7 Å². The van der Waals surface area contributed by atoms with Crippen LogP contribution < -0.4 is 5.32 Å². The van der Waals surface area contributed by atoms with E-state index in [0.29, 0.717) is 6.54 Å². The standard InChI is InChI=1S/C8H13N3O2/c1-11-4-3-10-7(11)5-9-6-8(12)13-2/h3-4,9H,5-6H2,1-2H3. The fraction of sp³-hybridized carbons (Fsp3) is 0.500. The highest BCUT2D eigenvalue weighted by Crippen LogP contribution is 1.92. The topological polar surface area (TPSA) is 56.1 Å². The fourth-order valence-electron chi connectivity index (χ4n) is 0.915. The Morgan fingerprint density at radius 3 is 3.08 bits per heavy atom. The normalized spacial score (nSPS) is 10.0. The molecule has 13 heavy (non-hydrogen) atoms. The van der Waals surface area contributed by atoms with Crippen molar-refractivity contribution in [2.24, 2.45) is 7.05 Å². The minimum atomic E-state index is -0.269. The maximum absolute atomic E-state index is 10.7. The molecule has 5 nitrogen and oxygen atoms in total. The van der Waals surface area contributed by atoms with E-state index < -0.39 is 0 Å². The molecule has 0 aliphatic heterocycles. The van der Waals surface area contributed by atoms with E-state index in [1.165, 1.54) is 7.11 Å². The Hall–Kier alpha value is -1.36. The molecule has 5 heteroatoms. The summed E-state index contributed by atoms with van der Waals surface area (Å²) in [6.45, 7) is 0.780. The molecule has 0 aromatic carbocycles. The van der Waals surface area contributed by atoms with Crippen LogP contribution in [0.15, 0.2) is 12.4 Å². The zero-order valence-corrected chi connectivity index (χ0v) is 7.78. The van der Waals surface area contributed by atoms with E-state index in [1.54, 1.807) is 6.20 Å². The van der Waals surface area contributed by atoms with Crippen LogP contribution in [0.1, 0.15) is 5.82 Å². The lowest BCUT2D eigenvalue weighted by Gasteiger charge is -2.02. The van der Waals surface area contributed by atoms with Gasteiger partial charge in [-0.3, -0.25) is 10.1 Å². The molecule has 0 fully saturated rings. The Morgan fingerprint density at radius 1 is 1.77 bits per heavy atom. The molecule has 1 aromatic rings. The first-order chi connectivity index (χ1) is 6.24. The summed E-state index contributed by atoms with van der Waals surface area (Å²) >= 11 is 0. The van der Waals surface area contributed by atoms with Gasteiger partial charge in [0.05, 0.1) is 20.2 Å². The molecular weight excluding hydrogens is 170 g/mol. The number of ether oxygens (including phenoxy) is 1. The van der Waals surface area contributed by atoms with Gasteiger partial charge in [0.25, 0.3) is 0 Å². The number of carbonyl (C=O) groups excluding carboxylic acids is 1. The van der Waals surface area contributed by atoms with Crippen molar-refractivity contribution < 1.29 is 9.53 Å². The number of carbonyl (C=O) groups is 1. The Morgan fingerprint density at radius 2 is 2.54 bits per heavy atom. The smallest absolute Gasteiger partial charge is 0.319 e. The molecule has 1 aromatic heterocycles. The van der Waals surface area contributed by atoms with Gasteiger partial charge >= 0.3 is 5.97 Å². The van der Waals surface area contributed by atoms with Crippen LogP contribution in [0.5, 0.6) is 0 Å². The lowest BCUT2D eigenvalue weighted by atomic mass is 10.5. The van der Waals surface area contributed by atoms with Gasteiger partial charge in [0, 0.05) is 19.4 Å². The van der Waals surface area contributed by atoms with Gasteiger partial charge < -0.3 is 9.30 Å². The van der Waals surface area contributed by atoms with E-state index >= 15 is 0 Å². The SMILES string of the molecule is COC(=O)CNCc1nccn1C. The van der Waals surface area contributed by atoms with E-state index in [1.807, 2.05) is 17.8 Å². The van der Waals surface area contributed by atoms with Crippen LogP contribution >= 0.6 is 0 Å². The van der Waals surface area contributed by atoms with Crippen LogP contribution in [0, 0.1) is 0 Å². The Kier molecular flexibility index (Phi) is 3.45. The second-order valence-electron chi connectivity index (χ2n) is 2.63. The first-order valence-corrected chi connectivity index (χ1v) is 3.97. The van der Waals surface area contributed by atoms with E-state index in [4.69, 9.17) is 0 Å². The van der Waals surface area contributed by atoms with Crippen molar-refractivity contribution in [3.05, 3.63) is 18.2 Å². The Balaban J connectivity index is 2.28. The molecule has 1 heterocycles. The minimum Gasteiger partial charge on any atom is -0.468 e. The molecule has 1 N–H and O–H groups in total. The van der Waals surface area contributed by atoms with Gasteiger partial charge in [0.1, 0.15) is 5.82 Å². The molecule has 0 atom stereocenters.